The molecule has 1 aliphatic heterocycles. The number of pyridine rings is 1. The molecule has 0 saturated carbocycles. The van der Waals surface area contributed by atoms with Crippen molar-refractivity contribution in [2.75, 3.05) is 33.3 Å². The number of benzene rings is 1. The third-order valence-electron chi connectivity index (χ3n) is 6.06. The van der Waals surface area contributed by atoms with Crippen LogP contribution in [-0.2, 0) is 0 Å². The monoisotopic (exact) mass is 496 g/mol. The number of likely N-dealkylation sites (N-methyl/N-ethyl adjacent to an activating group) is 1. The predicted octanol–water partition coefficient (Wildman–Crippen LogP) is 2.89. The summed E-state index contributed by atoms with van der Waals surface area (Å²) in [7, 11) is 1.69. The second kappa shape index (κ2) is 12.4. The van der Waals surface area contributed by atoms with Gasteiger partial charge in [0.1, 0.15) is 17.5 Å². The predicted molar refractivity (Wildman–Crippen MR) is 134 cm³/mol. The zero-order valence-electron chi connectivity index (χ0n) is 21.1. The second-order valence-electron chi connectivity index (χ2n) is 9.04. The third-order valence-corrected chi connectivity index (χ3v) is 6.06. The maximum absolute atomic E-state index is 14.0. The fraction of sp³-hybridized carbons (Fsp3) is 0.444. The van der Waals surface area contributed by atoms with Crippen molar-refractivity contribution in [2.24, 2.45) is 5.92 Å². The summed E-state index contributed by atoms with van der Waals surface area (Å²) in [5.74, 6) is 4.84. The summed E-state index contributed by atoms with van der Waals surface area (Å²) < 4.78 is 20.2. The topological polar surface area (TPSA) is 95.0 Å². The molecule has 1 aromatic heterocycles. The lowest BCUT2D eigenvalue weighted by Crippen LogP contribution is -2.51. The number of nitrogens with one attached hydrogen (secondary N) is 1. The van der Waals surface area contributed by atoms with Gasteiger partial charge in [-0.15, -0.1) is 0 Å². The van der Waals surface area contributed by atoms with Gasteiger partial charge in [0.05, 0.1) is 24.8 Å². The molecule has 0 bridgehead atoms. The number of ether oxygens (including phenoxy) is 1. The average molecular weight is 497 g/mol. The van der Waals surface area contributed by atoms with Crippen LogP contribution in [0.5, 0.6) is 5.88 Å². The Balaban J connectivity index is 1.95. The first-order valence-corrected chi connectivity index (χ1v) is 12.1. The van der Waals surface area contributed by atoms with E-state index in [9.17, 15) is 19.1 Å². The van der Waals surface area contributed by atoms with E-state index < -0.39 is 18.0 Å². The van der Waals surface area contributed by atoms with E-state index in [1.54, 1.807) is 48.0 Å². The highest BCUT2D eigenvalue weighted by molar-refractivity contribution is 5.97. The van der Waals surface area contributed by atoms with Crippen molar-refractivity contribution >= 4 is 11.9 Å². The molecule has 2 heterocycles. The van der Waals surface area contributed by atoms with Gasteiger partial charge < -0.3 is 25.0 Å². The molecule has 0 unspecified atom stereocenters. The third kappa shape index (κ3) is 6.52. The number of rotatable bonds is 6. The number of aromatic nitrogens is 1. The Bertz CT molecular complexity index is 1150. The summed E-state index contributed by atoms with van der Waals surface area (Å²) in [4.78, 5) is 33.4. The molecule has 0 aliphatic carbocycles. The highest BCUT2D eigenvalue weighted by Crippen LogP contribution is 2.27. The van der Waals surface area contributed by atoms with Crippen molar-refractivity contribution in [1.29, 1.82) is 0 Å². The van der Waals surface area contributed by atoms with Crippen molar-refractivity contribution in [1.82, 2.24) is 20.1 Å². The largest absolute Gasteiger partial charge is 0.472 e. The van der Waals surface area contributed by atoms with E-state index in [1.165, 1.54) is 12.3 Å². The van der Waals surface area contributed by atoms with Crippen LogP contribution in [0.25, 0.3) is 0 Å². The molecule has 1 aromatic carbocycles. The van der Waals surface area contributed by atoms with Crippen molar-refractivity contribution in [2.45, 2.75) is 39.3 Å². The van der Waals surface area contributed by atoms with Crippen molar-refractivity contribution in [3.8, 4) is 17.7 Å². The lowest BCUT2D eigenvalue weighted by Gasteiger charge is -2.37. The molecule has 8 nitrogen and oxygen atoms in total. The Morgan fingerprint density at radius 3 is 2.83 bits per heavy atom. The smallest absolute Gasteiger partial charge is 0.317 e. The molecule has 0 saturated heterocycles. The molecule has 0 spiro atoms. The molecule has 1 aliphatic rings. The number of fused-ring (bicyclic) bond motifs is 1. The highest BCUT2D eigenvalue weighted by atomic mass is 19.1. The zero-order chi connectivity index (χ0) is 26.2. The average Bonchev–Trinajstić information content (AvgIpc) is 2.88. The van der Waals surface area contributed by atoms with E-state index in [1.807, 2.05) is 13.8 Å². The minimum absolute atomic E-state index is 0.130. The van der Waals surface area contributed by atoms with Crippen LogP contribution in [0, 0.1) is 23.6 Å². The molecule has 2 aromatic rings. The van der Waals surface area contributed by atoms with Crippen LogP contribution < -0.4 is 10.1 Å². The number of carbonyl (C=O) groups is 2. The van der Waals surface area contributed by atoms with Crippen LogP contribution in [0.2, 0.25) is 0 Å². The number of hydrogen-bond acceptors (Lipinski definition) is 5. The number of hydrogen-bond donors (Lipinski definition) is 2. The fourth-order valence-corrected chi connectivity index (χ4v) is 3.81. The molecule has 2 N–H and O–H groups in total. The first-order valence-electron chi connectivity index (χ1n) is 12.1. The molecule has 3 rings (SSSR count). The van der Waals surface area contributed by atoms with E-state index in [0.717, 1.165) is 6.42 Å². The molecule has 3 atom stereocenters. The Morgan fingerprint density at radius 1 is 1.39 bits per heavy atom. The maximum atomic E-state index is 14.0. The molecule has 3 amide bonds. The minimum Gasteiger partial charge on any atom is -0.472 e. The molecule has 192 valence electrons. The quantitative estimate of drug-likeness (QED) is 0.600. The van der Waals surface area contributed by atoms with Gasteiger partial charge in [0.2, 0.25) is 5.88 Å². The Hall–Kier alpha value is -3.64. The highest BCUT2D eigenvalue weighted by Gasteiger charge is 2.34. The number of halogens is 1. The van der Waals surface area contributed by atoms with Gasteiger partial charge in [0, 0.05) is 37.8 Å². The SMILES string of the molecule is CCCNC(=O)N(C)C[C@H]1Oc2ncc(C#Cc3ccccc3F)cc2C(=O)N([C@@H](C)CO)C[C@@H]1C. The number of urea groups is 1. The summed E-state index contributed by atoms with van der Waals surface area (Å²) in [6.45, 7) is 6.64. The minimum atomic E-state index is -0.453. The van der Waals surface area contributed by atoms with Crippen LogP contribution in [0.3, 0.4) is 0 Å². The van der Waals surface area contributed by atoms with Gasteiger partial charge in [-0.3, -0.25) is 4.79 Å². The van der Waals surface area contributed by atoms with Gasteiger partial charge in [-0.1, -0.05) is 37.8 Å². The summed E-state index contributed by atoms with van der Waals surface area (Å²) in [6.07, 6.45) is 1.84. The number of aliphatic hydroxyl groups is 1. The zero-order valence-corrected chi connectivity index (χ0v) is 21.1. The Morgan fingerprint density at radius 2 is 2.14 bits per heavy atom. The van der Waals surface area contributed by atoms with E-state index in [0.29, 0.717) is 18.7 Å². The van der Waals surface area contributed by atoms with E-state index in [2.05, 4.69) is 22.1 Å². The van der Waals surface area contributed by atoms with Crippen LogP contribution in [0.15, 0.2) is 36.5 Å². The molecule has 0 radical (unpaired) electrons. The van der Waals surface area contributed by atoms with Crippen LogP contribution >= 0.6 is 0 Å². The normalized spacial score (nSPS) is 18.1. The summed E-state index contributed by atoms with van der Waals surface area (Å²) in [6, 6.07) is 7.10. The standard InChI is InChI=1S/C27H33FN4O4/c1-5-12-29-27(35)31(4)16-24-18(2)15-32(19(3)17-33)26(34)22-13-20(14-30-25(22)36-24)10-11-21-8-6-7-9-23(21)28/h6-9,13-14,18-19,24,33H,5,12,15-17H2,1-4H3,(H,29,35)/t18-,19-,24+/m0/s1. The van der Waals surface area contributed by atoms with Gasteiger partial charge >= 0.3 is 6.03 Å². The van der Waals surface area contributed by atoms with Gasteiger partial charge in [-0.05, 0) is 31.5 Å². The lowest BCUT2D eigenvalue weighted by molar-refractivity contribution is 0.0352. The van der Waals surface area contributed by atoms with Crippen molar-refractivity contribution in [3.63, 3.8) is 0 Å². The Labute approximate surface area is 211 Å². The van der Waals surface area contributed by atoms with Crippen LogP contribution in [-0.4, -0.2) is 77.3 Å². The first-order chi connectivity index (χ1) is 17.2. The molecular formula is C27H33FN4O4. The van der Waals surface area contributed by atoms with E-state index in [-0.39, 0.29) is 48.0 Å². The van der Waals surface area contributed by atoms with Gasteiger partial charge in [0.25, 0.3) is 5.91 Å². The van der Waals surface area contributed by atoms with Gasteiger partial charge in [-0.2, -0.15) is 0 Å². The van der Waals surface area contributed by atoms with Gasteiger partial charge in [-0.25, -0.2) is 14.2 Å². The van der Waals surface area contributed by atoms with E-state index >= 15 is 0 Å². The maximum Gasteiger partial charge on any atom is 0.317 e. The summed E-state index contributed by atoms with van der Waals surface area (Å²) in [5.41, 5.74) is 0.859. The number of nitrogens with zero attached hydrogens (tertiary/aromatic N) is 3. The van der Waals surface area contributed by atoms with E-state index in [4.69, 9.17) is 4.74 Å². The molecular weight excluding hydrogens is 463 g/mol. The van der Waals surface area contributed by atoms with Crippen molar-refractivity contribution < 1.29 is 23.8 Å². The molecule has 36 heavy (non-hydrogen) atoms. The van der Waals surface area contributed by atoms with Crippen molar-refractivity contribution in [3.05, 3.63) is 59.0 Å². The number of aliphatic hydroxyl groups excluding tert-OH is 1. The summed E-state index contributed by atoms with van der Waals surface area (Å²) >= 11 is 0. The number of amides is 3. The Kier molecular flexibility index (Phi) is 9.25. The summed E-state index contributed by atoms with van der Waals surface area (Å²) in [5, 5.41) is 12.6. The van der Waals surface area contributed by atoms with Gasteiger partial charge in [0.15, 0.2) is 0 Å². The van der Waals surface area contributed by atoms with Crippen LogP contribution in [0.4, 0.5) is 9.18 Å². The molecule has 0 fully saturated rings. The first kappa shape index (κ1) is 27.0. The lowest BCUT2D eigenvalue weighted by atomic mass is 10.00. The van der Waals surface area contributed by atoms with Crippen LogP contribution in [0.1, 0.15) is 48.7 Å². The molecule has 9 heteroatoms. The number of carbonyl (C=O) groups excluding carboxylic acids is 2. The fourth-order valence-electron chi connectivity index (χ4n) is 3.81. The second-order valence-corrected chi connectivity index (χ2v) is 9.04.